The SMILES string of the molecule is COc1ccc(S(=O)(=O)Nc2ccc(C(=O)/C=C/c3cc(OC)c(OC)c(OC)c3)cc2)cc1. The number of hydrogen-bond acceptors (Lipinski definition) is 7. The summed E-state index contributed by atoms with van der Waals surface area (Å²) in [6.45, 7) is 0. The van der Waals surface area contributed by atoms with Crippen LogP contribution in [0.5, 0.6) is 23.0 Å². The van der Waals surface area contributed by atoms with Crippen LogP contribution in [-0.2, 0) is 10.0 Å². The van der Waals surface area contributed by atoms with Crippen molar-refractivity contribution >= 4 is 27.6 Å². The summed E-state index contributed by atoms with van der Waals surface area (Å²) in [5, 5.41) is 0. The number of benzene rings is 3. The molecule has 0 saturated carbocycles. The molecule has 34 heavy (non-hydrogen) atoms. The Morgan fingerprint density at radius 1 is 0.794 bits per heavy atom. The van der Waals surface area contributed by atoms with Crippen molar-refractivity contribution in [1.82, 2.24) is 0 Å². The molecule has 0 atom stereocenters. The third-order valence-corrected chi connectivity index (χ3v) is 6.30. The van der Waals surface area contributed by atoms with E-state index < -0.39 is 10.0 Å². The molecule has 0 spiro atoms. The maximum atomic E-state index is 12.6. The van der Waals surface area contributed by atoms with Crippen molar-refractivity contribution in [2.24, 2.45) is 0 Å². The predicted molar refractivity (Wildman–Crippen MR) is 130 cm³/mol. The molecule has 3 aromatic carbocycles. The first-order chi connectivity index (χ1) is 16.3. The minimum atomic E-state index is -3.78. The Morgan fingerprint density at radius 3 is 1.88 bits per heavy atom. The summed E-state index contributed by atoms with van der Waals surface area (Å²) in [5.74, 6) is 1.71. The molecule has 0 bridgehead atoms. The van der Waals surface area contributed by atoms with Crippen LogP contribution in [0.2, 0.25) is 0 Å². The molecule has 0 aliphatic rings. The zero-order valence-corrected chi connectivity index (χ0v) is 20.0. The fourth-order valence-corrected chi connectivity index (χ4v) is 4.20. The summed E-state index contributed by atoms with van der Waals surface area (Å²) in [4.78, 5) is 12.7. The van der Waals surface area contributed by atoms with Gasteiger partial charge < -0.3 is 18.9 Å². The summed E-state index contributed by atoms with van der Waals surface area (Å²) < 4.78 is 48.6. The normalized spacial score (nSPS) is 11.2. The lowest BCUT2D eigenvalue weighted by molar-refractivity contribution is 0.104. The average molecular weight is 484 g/mol. The monoisotopic (exact) mass is 483 g/mol. The van der Waals surface area contributed by atoms with E-state index >= 15 is 0 Å². The van der Waals surface area contributed by atoms with Crippen LogP contribution < -0.4 is 23.7 Å². The van der Waals surface area contributed by atoms with Gasteiger partial charge in [-0.2, -0.15) is 0 Å². The largest absolute Gasteiger partial charge is 0.497 e. The molecule has 178 valence electrons. The molecule has 3 rings (SSSR count). The minimum absolute atomic E-state index is 0.0988. The van der Waals surface area contributed by atoms with Gasteiger partial charge in [-0.25, -0.2) is 8.42 Å². The van der Waals surface area contributed by atoms with Crippen molar-refractivity contribution in [2.75, 3.05) is 33.2 Å². The number of hydrogen-bond donors (Lipinski definition) is 1. The molecule has 0 fully saturated rings. The number of methoxy groups -OCH3 is 4. The highest BCUT2D eigenvalue weighted by Crippen LogP contribution is 2.38. The standard InChI is InChI=1S/C25H25NO7S/c1-30-20-10-12-21(13-11-20)34(28,29)26-19-8-6-18(7-9-19)22(27)14-5-17-15-23(31-2)25(33-4)24(16-17)32-3/h5-16,26H,1-4H3/b14-5+. The molecule has 0 radical (unpaired) electrons. The highest BCUT2D eigenvalue weighted by molar-refractivity contribution is 7.92. The number of allylic oxidation sites excluding steroid dienone is 1. The molecule has 0 aliphatic carbocycles. The predicted octanol–water partition coefficient (Wildman–Crippen LogP) is 4.42. The Morgan fingerprint density at radius 2 is 1.38 bits per heavy atom. The van der Waals surface area contributed by atoms with E-state index in [0.29, 0.717) is 39.8 Å². The van der Waals surface area contributed by atoms with E-state index in [0.717, 1.165) is 0 Å². The molecule has 0 aliphatic heterocycles. The lowest BCUT2D eigenvalue weighted by Gasteiger charge is -2.12. The first-order valence-corrected chi connectivity index (χ1v) is 11.6. The Hall–Kier alpha value is -3.98. The number of ether oxygens (including phenoxy) is 4. The highest BCUT2D eigenvalue weighted by Gasteiger charge is 2.15. The molecular formula is C25H25NO7S. The fourth-order valence-electron chi connectivity index (χ4n) is 3.14. The number of carbonyl (C=O) groups excluding carboxylic acids is 1. The van der Waals surface area contributed by atoms with Crippen LogP contribution in [0.3, 0.4) is 0 Å². The smallest absolute Gasteiger partial charge is 0.261 e. The van der Waals surface area contributed by atoms with Crippen molar-refractivity contribution in [3.63, 3.8) is 0 Å². The molecule has 9 heteroatoms. The highest BCUT2D eigenvalue weighted by atomic mass is 32.2. The van der Waals surface area contributed by atoms with Gasteiger partial charge >= 0.3 is 0 Å². The van der Waals surface area contributed by atoms with E-state index in [-0.39, 0.29) is 10.7 Å². The number of nitrogens with one attached hydrogen (secondary N) is 1. The van der Waals surface area contributed by atoms with E-state index in [2.05, 4.69) is 4.72 Å². The zero-order valence-electron chi connectivity index (χ0n) is 19.2. The molecule has 0 saturated heterocycles. The first kappa shape index (κ1) is 24.7. The molecule has 0 aromatic heterocycles. The Bertz CT molecular complexity index is 1260. The Balaban J connectivity index is 1.73. The third-order valence-electron chi connectivity index (χ3n) is 4.91. The van der Waals surface area contributed by atoms with Gasteiger partial charge in [0.1, 0.15) is 5.75 Å². The van der Waals surface area contributed by atoms with Crippen LogP contribution in [0, 0.1) is 0 Å². The second-order valence-electron chi connectivity index (χ2n) is 7.01. The second kappa shape index (κ2) is 10.8. The number of sulfonamides is 1. The Labute approximate surface area is 198 Å². The number of ketones is 1. The molecule has 8 nitrogen and oxygen atoms in total. The van der Waals surface area contributed by atoms with E-state index in [4.69, 9.17) is 18.9 Å². The minimum Gasteiger partial charge on any atom is -0.497 e. The number of anilines is 1. The van der Waals surface area contributed by atoms with Crippen LogP contribution in [0.25, 0.3) is 6.08 Å². The maximum absolute atomic E-state index is 12.6. The van der Waals surface area contributed by atoms with Gasteiger partial charge in [0, 0.05) is 11.3 Å². The lowest BCUT2D eigenvalue weighted by atomic mass is 10.1. The lowest BCUT2D eigenvalue weighted by Crippen LogP contribution is -2.13. The Kier molecular flexibility index (Phi) is 7.80. The van der Waals surface area contributed by atoms with Crippen molar-refractivity contribution in [2.45, 2.75) is 4.90 Å². The van der Waals surface area contributed by atoms with E-state index in [1.54, 1.807) is 42.5 Å². The summed E-state index contributed by atoms with van der Waals surface area (Å²) in [5.41, 5.74) is 1.42. The number of rotatable bonds is 10. The molecule has 0 unspecified atom stereocenters. The van der Waals surface area contributed by atoms with Crippen LogP contribution in [0.1, 0.15) is 15.9 Å². The van der Waals surface area contributed by atoms with Crippen LogP contribution in [0.4, 0.5) is 5.69 Å². The van der Waals surface area contributed by atoms with Crippen molar-refractivity contribution in [1.29, 1.82) is 0 Å². The molecular weight excluding hydrogens is 458 g/mol. The van der Waals surface area contributed by atoms with Gasteiger partial charge in [0.2, 0.25) is 5.75 Å². The summed E-state index contributed by atoms with van der Waals surface area (Å²) in [7, 11) is 2.27. The van der Waals surface area contributed by atoms with Gasteiger partial charge in [-0.3, -0.25) is 9.52 Å². The van der Waals surface area contributed by atoms with Gasteiger partial charge in [0.05, 0.1) is 33.3 Å². The average Bonchev–Trinajstić information content (AvgIpc) is 2.86. The van der Waals surface area contributed by atoms with Gasteiger partial charge in [0.25, 0.3) is 10.0 Å². The van der Waals surface area contributed by atoms with Crippen molar-refractivity contribution < 1.29 is 32.2 Å². The number of carbonyl (C=O) groups is 1. The zero-order chi connectivity index (χ0) is 24.7. The summed E-state index contributed by atoms with van der Waals surface area (Å²) >= 11 is 0. The molecule has 1 N–H and O–H groups in total. The van der Waals surface area contributed by atoms with E-state index in [9.17, 15) is 13.2 Å². The van der Waals surface area contributed by atoms with Crippen LogP contribution in [-0.4, -0.2) is 42.6 Å². The first-order valence-electron chi connectivity index (χ1n) is 10.1. The van der Waals surface area contributed by atoms with Gasteiger partial charge in [-0.15, -0.1) is 0 Å². The maximum Gasteiger partial charge on any atom is 0.261 e. The fraction of sp³-hybridized carbons (Fsp3) is 0.160. The van der Waals surface area contributed by atoms with Gasteiger partial charge in [-0.05, 0) is 72.3 Å². The van der Waals surface area contributed by atoms with E-state index in [1.807, 2.05) is 0 Å². The molecule has 0 heterocycles. The van der Waals surface area contributed by atoms with Crippen LogP contribution >= 0.6 is 0 Å². The van der Waals surface area contributed by atoms with Crippen molar-refractivity contribution in [3.05, 3.63) is 77.9 Å². The molecule has 3 aromatic rings. The quantitative estimate of drug-likeness (QED) is 0.337. The summed E-state index contributed by atoms with van der Waals surface area (Å²) in [6.07, 6.45) is 3.05. The topological polar surface area (TPSA) is 100 Å². The van der Waals surface area contributed by atoms with Gasteiger partial charge in [0.15, 0.2) is 17.3 Å². The van der Waals surface area contributed by atoms with Gasteiger partial charge in [-0.1, -0.05) is 6.08 Å². The van der Waals surface area contributed by atoms with Crippen LogP contribution in [0.15, 0.2) is 71.6 Å². The summed E-state index contributed by atoms with van der Waals surface area (Å²) in [6, 6.07) is 15.6. The van der Waals surface area contributed by atoms with E-state index in [1.165, 1.54) is 58.8 Å². The third kappa shape index (κ3) is 5.68. The second-order valence-corrected chi connectivity index (χ2v) is 8.70. The van der Waals surface area contributed by atoms with Crippen molar-refractivity contribution in [3.8, 4) is 23.0 Å². The molecule has 0 amide bonds.